The molecule has 1 aliphatic heterocycles. The third kappa shape index (κ3) is 4.80. The van der Waals surface area contributed by atoms with Crippen LogP contribution in [0.2, 0.25) is 0 Å². The van der Waals surface area contributed by atoms with Gasteiger partial charge in [0.2, 0.25) is 5.91 Å². The number of thiazole rings is 1. The molecule has 0 bridgehead atoms. The number of carbonyl (C=O) groups excluding carboxylic acids is 3. The van der Waals surface area contributed by atoms with Crippen LogP contribution in [-0.4, -0.2) is 35.4 Å². The molecule has 0 aliphatic carbocycles. The number of benzene rings is 1. The van der Waals surface area contributed by atoms with E-state index in [0.717, 1.165) is 29.2 Å². The number of ether oxygens (including phenoxy) is 1. The predicted octanol–water partition coefficient (Wildman–Crippen LogP) is 3.09. The van der Waals surface area contributed by atoms with Crippen molar-refractivity contribution in [1.29, 1.82) is 0 Å². The highest BCUT2D eigenvalue weighted by molar-refractivity contribution is 7.10. The number of fused-ring (bicyclic) bond motifs is 1. The summed E-state index contributed by atoms with van der Waals surface area (Å²) in [5, 5.41) is 4.61. The van der Waals surface area contributed by atoms with Crippen LogP contribution in [0.1, 0.15) is 17.5 Å². The minimum Gasteiger partial charge on any atom is -0.449 e. The van der Waals surface area contributed by atoms with Gasteiger partial charge in [0.25, 0.3) is 5.91 Å². The summed E-state index contributed by atoms with van der Waals surface area (Å²) >= 11 is 1.30. The number of carbonyl (C=O) groups is 3. The van der Waals surface area contributed by atoms with Gasteiger partial charge >= 0.3 is 12.1 Å². The minimum absolute atomic E-state index is 0.0869. The lowest BCUT2D eigenvalue weighted by molar-refractivity contribution is -0.149. The molecule has 1 aromatic heterocycles. The Kier molecular flexibility index (Phi) is 5.69. The maximum Gasteiger partial charge on any atom is 0.416 e. The molecule has 152 valence electrons. The number of nitrogens with zero attached hydrogens (tertiary/aromatic N) is 2. The molecule has 29 heavy (non-hydrogen) atoms. The fourth-order valence-electron chi connectivity index (χ4n) is 2.60. The molecule has 1 aromatic carbocycles. The Morgan fingerprint density at radius 3 is 2.79 bits per heavy atom. The minimum atomic E-state index is -4.60. The monoisotopic (exact) mass is 425 g/mol. The molecule has 0 radical (unpaired) electrons. The molecule has 1 unspecified atom stereocenters. The zero-order valence-electron chi connectivity index (χ0n) is 14.9. The number of nitrogens with one attached hydrogen (secondary N) is 1. The fourth-order valence-corrected chi connectivity index (χ4v) is 3.13. The van der Waals surface area contributed by atoms with Crippen LogP contribution in [0.25, 0.3) is 6.08 Å². The molecule has 1 N–H and O–H groups in total. The van der Waals surface area contributed by atoms with E-state index in [1.54, 1.807) is 11.6 Å². The molecule has 0 saturated heterocycles. The normalized spacial score (nSPS) is 15.0. The number of esters is 1. The Morgan fingerprint density at radius 1 is 1.38 bits per heavy atom. The van der Waals surface area contributed by atoms with Gasteiger partial charge in [0.15, 0.2) is 6.10 Å². The lowest BCUT2D eigenvalue weighted by atomic mass is 10.1. The van der Waals surface area contributed by atoms with Gasteiger partial charge in [-0.05, 0) is 31.2 Å². The van der Waals surface area contributed by atoms with E-state index in [-0.39, 0.29) is 11.4 Å². The summed E-state index contributed by atoms with van der Waals surface area (Å²) in [7, 11) is 0. The van der Waals surface area contributed by atoms with E-state index < -0.39 is 42.2 Å². The van der Waals surface area contributed by atoms with E-state index in [1.807, 2.05) is 0 Å². The van der Waals surface area contributed by atoms with E-state index in [9.17, 15) is 27.6 Å². The van der Waals surface area contributed by atoms with Crippen LogP contribution in [0.3, 0.4) is 0 Å². The van der Waals surface area contributed by atoms with Gasteiger partial charge in [-0.1, -0.05) is 0 Å². The van der Waals surface area contributed by atoms with Crippen LogP contribution in [0.15, 0.2) is 35.9 Å². The first-order valence-electron chi connectivity index (χ1n) is 8.26. The molecule has 2 aromatic rings. The van der Waals surface area contributed by atoms with Crippen molar-refractivity contribution in [3.8, 4) is 0 Å². The summed E-state index contributed by atoms with van der Waals surface area (Å²) in [4.78, 5) is 41.4. The van der Waals surface area contributed by atoms with Gasteiger partial charge in [0.05, 0.1) is 16.9 Å². The summed E-state index contributed by atoms with van der Waals surface area (Å²) in [6.07, 6.45) is -1.77. The van der Waals surface area contributed by atoms with Crippen LogP contribution in [0.5, 0.6) is 0 Å². The molecule has 1 aliphatic rings. The first-order valence-corrected chi connectivity index (χ1v) is 9.14. The Hall–Kier alpha value is -3.21. The SMILES string of the molecule is CC(OC(=O)C=Cc1nccs1)C(=O)N1CC(=O)Nc2cc(C(F)(F)F)ccc21. The van der Waals surface area contributed by atoms with Gasteiger partial charge in [0, 0.05) is 17.7 Å². The lowest BCUT2D eigenvalue weighted by Crippen LogP contribution is -2.47. The van der Waals surface area contributed by atoms with Crippen molar-refractivity contribution in [3.05, 3.63) is 46.4 Å². The third-order valence-electron chi connectivity index (χ3n) is 3.91. The number of alkyl halides is 3. The van der Waals surface area contributed by atoms with Crippen molar-refractivity contribution >= 4 is 46.6 Å². The van der Waals surface area contributed by atoms with Crippen molar-refractivity contribution < 1.29 is 32.3 Å². The number of amides is 2. The maximum atomic E-state index is 12.9. The first kappa shape index (κ1) is 20.5. The van der Waals surface area contributed by atoms with Gasteiger partial charge in [-0.3, -0.25) is 14.5 Å². The summed E-state index contributed by atoms with van der Waals surface area (Å²) in [6, 6.07) is 2.65. The first-order chi connectivity index (χ1) is 13.6. The average Bonchev–Trinajstić information content (AvgIpc) is 3.17. The molecule has 3 rings (SSSR count). The van der Waals surface area contributed by atoms with E-state index in [1.165, 1.54) is 24.3 Å². The van der Waals surface area contributed by atoms with E-state index in [0.29, 0.717) is 5.01 Å². The predicted molar refractivity (Wildman–Crippen MR) is 99.1 cm³/mol. The smallest absolute Gasteiger partial charge is 0.416 e. The number of aromatic nitrogens is 1. The Bertz CT molecular complexity index is 973. The number of hydrogen-bond acceptors (Lipinski definition) is 6. The van der Waals surface area contributed by atoms with Crippen LogP contribution in [-0.2, 0) is 25.3 Å². The highest BCUT2D eigenvalue weighted by atomic mass is 32.1. The second-order valence-electron chi connectivity index (χ2n) is 5.99. The molecule has 7 nitrogen and oxygen atoms in total. The van der Waals surface area contributed by atoms with E-state index >= 15 is 0 Å². The van der Waals surface area contributed by atoms with Crippen molar-refractivity contribution in [2.24, 2.45) is 0 Å². The van der Waals surface area contributed by atoms with Gasteiger partial charge in [-0.2, -0.15) is 13.2 Å². The molecular formula is C18H14F3N3O4S. The highest BCUT2D eigenvalue weighted by Crippen LogP contribution is 2.37. The van der Waals surface area contributed by atoms with Gasteiger partial charge in [0.1, 0.15) is 11.6 Å². The topological polar surface area (TPSA) is 88.6 Å². The Morgan fingerprint density at radius 2 is 2.14 bits per heavy atom. The van der Waals surface area contributed by atoms with E-state index in [2.05, 4.69) is 10.3 Å². The van der Waals surface area contributed by atoms with Crippen LogP contribution < -0.4 is 10.2 Å². The summed E-state index contributed by atoms with van der Waals surface area (Å²) in [5.74, 6) is -2.20. The van der Waals surface area contributed by atoms with Gasteiger partial charge < -0.3 is 10.1 Å². The summed E-state index contributed by atoms with van der Waals surface area (Å²) in [5.41, 5.74) is -1.02. The molecule has 2 heterocycles. The van der Waals surface area contributed by atoms with E-state index in [4.69, 9.17) is 4.74 Å². The van der Waals surface area contributed by atoms with Crippen LogP contribution in [0, 0.1) is 0 Å². The zero-order chi connectivity index (χ0) is 21.2. The average molecular weight is 425 g/mol. The quantitative estimate of drug-likeness (QED) is 0.601. The van der Waals surface area contributed by atoms with Gasteiger partial charge in [-0.25, -0.2) is 9.78 Å². The zero-order valence-corrected chi connectivity index (χ0v) is 15.7. The van der Waals surface area contributed by atoms with Gasteiger partial charge in [-0.15, -0.1) is 11.3 Å². The van der Waals surface area contributed by atoms with Crippen molar-refractivity contribution in [3.63, 3.8) is 0 Å². The highest BCUT2D eigenvalue weighted by Gasteiger charge is 2.35. The number of hydrogen-bond donors (Lipinski definition) is 1. The summed E-state index contributed by atoms with van der Waals surface area (Å²) < 4.78 is 43.7. The van der Waals surface area contributed by atoms with Crippen LogP contribution in [0.4, 0.5) is 24.5 Å². The van der Waals surface area contributed by atoms with Crippen molar-refractivity contribution in [2.75, 3.05) is 16.8 Å². The van der Waals surface area contributed by atoms with Crippen LogP contribution >= 0.6 is 11.3 Å². The van der Waals surface area contributed by atoms with Crippen molar-refractivity contribution in [2.45, 2.75) is 19.2 Å². The molecular weight excluding hydrogens is 411 g/mol. The Balaban J connectivity index is 1.75. The molecule has 11 heteroatoms. The largest absolute Gasteiger partial charge is 0.449 e. The number of halogens is 3. The fraction of sp³-hybridized carbons (Fsp3) is 0.222. The molecule has 0 saturated carbocycles. The lowest BCUT2D eigenvalue weighted by Gasteiger charge is -2.31. The number of anilines is 2. The molecule has 0 spiro atoms. The van der Waals surface area contributed by atoms with Crippen molar-refractivity contribution in [1.82, 2.24) is 4.98 Å². The number of rotatable bonds is 4. The maximum absolute atomic E-state index is 12.9. The molecule has 2 amide bonds. The third-order valence-corrected chi connectivity index (χ3v) is 4.65. The summed E-state index contributed by atoms with van der Waals surface area (Å²) in [6.45, 7) is 0.905. The Labute approximate surface area is 166 Å². The second-order valence-corrected chi connectivity index (χ2v) is 6.91. The molecule has 0 fully saturated rings. The molecule has 1 atom stereocenters. The second kappa shape index (κ2) is 8.03. The standard InChI is InChI=1S/C18H14F3N3O4S/c1-10(28-16(26)5-4-15-22-6-7-29-15)17(27)24-9-14(25)23-12-8-11(18(19,20)21)2-3-13(12)24/h2-8,10H,9H2,1H3,(H,23,25).